The van der Waals surface area contributed by atoms with Gasteiger partial charge in [0.05, 0.1) is 46.2 Å². The molecule has 2 aliphatic rings. The van der Waals surface area contributed by atoms with Crippen molar-refractivity contribution in [3.63, 3.8) is 0 Å². The Bertz CT molecular complexity index is 2330. The number of hydrogen-bond acceptors (Lipinski definition) is 12. The fourth-order valence-corrected chi connectivity index (χ4v) is 8.30. The molecule has 2 saturated heterocycles. The van der Waals surface area contributed by atoms with E-state index in [1.165, 1.54) is 6.92 Å². The molecule has 12 heteroatoms. The van der Waals surface area contributed by atoms with Crippen LogP contribution in [-0.4, -0.2) is 85.7 Å². The van der Waals surface area contributed by atoms with Gasteiger partial charge in [-0.25, -0.2) is 0 Å². The monoisotopic (exact) mass is 924 g/mol. The first-order valence-electron chi connectivity index (χ1n) is 23.1. The van der Waals surface area contributed by atoms with E-state index >= 15 is 0 Å². The summed E-state index contributed by atoms with van der Waals surface area (Å²) in [6, 6.07) is 58.7. The smallest absolute Gasteiger partial charge is 0.302 e. The highest BCUT2D eigenvalue weighted by atomic mass is 16.7. The van der Waals surface area contributed by atoms with E-state index in [-0.39, 0.29) is 52.9 Å². The minimum atomic E-state index is -1.43. The molecule has 0 saturated carbocycles. The third-order valence-corrected chi connectivity index (χ3v) is 11.8. The summed E-state index contributed by atoms with van der Waals surface area (Å²) < 4.78 is 66.0. The van der Waals surface area contributed by atoms with Crippen molar-refractivity contribution >= 4 is 5.97 Å². The molecular weight excluding hydrogens is 865 g/mol. The average molecular weight is 925 g/mol. The van der Waals surface area contributed by atoms with Crippen molar-refractivity contribution in [3.8, 4) is 0 Å². The Labute approximate surface area is 398 Å². The lowest BCUT2D eigenvalue weighted by molar-refractivity contribution is -0.348. The van der Waals surface area contributed by atoms with Crippen LogP contribution in [0.25, 0.3) is 0 Å². The van der Waals surface area contributed by atoms with E-state index in [2.05, 4.69) is 0 Å². The Morgan fingerprint density at radius 1 is 0.382 bits per heavy atom. The molecule has 0 bridgehead atoms. The van der Waals surface area contributed by atoms with Crippen LogP contribution in [-0.2, 0) is 91.8 Å². The van der Waals surface area contributed by atoms with E-state index in [0.29, 0.717) is 0 Å². The maximum absolute atomic E-state index is 12.4. The Balaban J connectivity index is 1.11. The van der Waals surface area contributed by atoms with E-state index in [1.54, 1.807) is 0 Å². The number of aliphatic hydroxyl groups excluding tert-OH is 1. The van der Waals surface area contributed by atoms with Crippen LogP contribution in [0.2, 0.25) is 0 Å². The Morgan fingerprint density at radius 3 is 1.03 bits per heavy atom. The first kappa shape index (κ1) is 48.8. The van der Waals surface area contributed by atoms with Crippen molar-refractivity contribution in [2.75, 3.05) is 13.2 Å². The molecule has 68 heavy (non-hydrogen) atoms. The number of esters is 1. The molecule has 0 spiro atoms. The topological polar surface area (TPSA) is 130 Å². The van der Waals surface area contributed by atoms with Gasteiger partial charge in [-0.2, -0.15) is 0 Å². The van der Waals surface area contributed by atoms with E-state index in [1.807, 2.05) is 182 Å². The minimum Gasteiger partial charge on any atom is -0.463 e. The van der Waals surface area contributed by atoms with Gasteiger partial charge in [0.2, 0.25) is 0 Å². The Kier molecular flexibility index (Phi) is 18.4. The van der Waals surface area contributed by atoms with E-state index in [9.17, 15) is 9.90 Å². The third-order valence-electron chi connectivity index (χ3n) is 11.8. The molecule has 356 valence electrons. The molecule has 2 fully saturated rings. The summed E-state index contributed by atoms with van der Waals surface area (Å²) in [5, 5.41) is 11.9. The first-order chi connectivity index (χ1) is 33.5. The SMILES string of the molecule is CC(=O)OC[C@H]1O[C@H](OC[C@H]2O[C@@H](O)[C@H](OCc3ccccc3)[C@@H](OCc3ccccc3)[C@@H]2OCc2ccccc2)[C@H](OCc2ccccc2)[C@@H](OCc2ccccc2)[C@@H]1OCc1ccccc1. The van der Waals surface area contributed by atoms with Gasteiger partial charge in [0.1, 0.15) is 55.4 Å². The van der Waals surface area contributed by atoms with E-state index in [4.69, 9.17) is 47.4 Å². The Hall–Kier alpha value is -5.61. The van der Waals surface area contributed by atoms with Gasteiger partial charge >= 0.3 is 5.97 Å². The molecule has 8 rings (SSSR count). The second kappa shape index (κ2) is 25.7. The highest BCUT2D eigenvalue weighted by Crippen LogP contribution is 2.34. The average Bonchev–Trinajstić information content (AvgIpc) is 3.38. The molecule has 0 radical (unpaired) electrons. The lowest BCUT2D eigenvalue weighted by atomic mass is 9.97. The molecule has 12 nitrogen and oxygen atoms in total. The van der Waals surface area contributed by atoms with Crippen LogP contribution in [0.1, 0.15) is 40.3 Å². The molecule has 0 unspecified atom stereocenters. The third kappa shape index (κ3) is 14.2. The molecule has 0 amide bonds. The van der Waals surface area contributed by atoms with Gasteiger partial charge in [0.15, 0.2) is 12.6 Å². The number of aliphatic hydroxyl groups is 1. The maximum atomic E-state index is 12.4. The number of rotatable bonds is 23. The van der Waals surface area contributed by atoms with Crippen LogP contribution in [0.4, 0.5) is 0 Å². The standard InChI is InChI=1S/C56H60O12/c1-40(57)59-38-48-50(61-33-42-22-10-3-11-23-42)52(63-35-44-26-14-5-15-27-44)54(65-37-46-30-18-7-19-31-46)56(68-48)66-39-47-49(60-32-41-20-8-2-9-21-41)51(62-34-43-24-12-4-13-25-43)53(55(58)67-47)64-36-45-28-16-6-17-29-45/h2-31,47-56,58H,32-39H2,1H3/t47-,48-,49-,50-,51+,52+,53-,54-,55-,56+/m1/s1. The van der Waals surface area contributed by atoms with Crippen LogP contribution in [0.5, 0.6) is 0 Å². The second-order valence-corrected chi connectivity index (χ2v) is 16.8. The summed E-state index contributed by atoms with van der Waals surface area (Å²) in [6.45, 7) is 2.30. The molecular formula is C56H60O12. The molecule has 2 heterocycles. The van der Waals surface area contributed by atoms with Crippen LogP contribution in [0.15, 0.2) is 182 Å². The zero-order valence-corrected chi connectivity index (χ0v) is 38.2. The van der Waals surface area contributed by atoms with Crippen LogP contribution >= 0.6 is 0 Å². The summed E-state index contributed by atoms with van der Waals surface area (Å²) >= 11 is 0. The first-order valence-corrected chi connectivity index (χ1v) is 23.1. The Morgan fingerprint density at radius 2 is 0.676 bits per heavy atom. The summed E-state index contributed by atoms with van der Waals surface area (Å²) in [6.07, 6.45) is -9.40. The zero-order chi connectivity index (χ0) is 46.8. The number of carbonyl (C=O) groups is 1. The summed E-state index contributed by atoms with van der Waals surface area (Å²) in [5.74, 6) is -0.481. The lowest BCUT2D eigenvalue weighted by Crippen LogP contribution is -2.63. The second-order valence-electron chi connectivity index (χ2n) is 16.8. The van der Waals surface area contributed by atoms with E-state index < -0.39 is 67.4 Å². The fraction of sp³-hybridized carbons (Fsp3) is 0.339. The number of hydrogen-bond donors (Lipinski definition) is 1. The largest absolute Gasteiger partial charge is 0.463 e. The molecule has 6 aromatic carbocycles. The lowest BCUT2D eigenvalue weighted by Gasteiger charge is -2.47. The highest BCUT2D eigenvalue weighted by molar-refractivity contribution is 5.65. The predicted octanol–water partition coefficient (Wildman–Crippen LogP) is 8.52. The molecule has 10 atom stereocenters. The molecule has 2 aliphatic heterocycles. The van der Waals surface area contributed by atoms with Gasteiger partial charge in [-0.1, -0.05) is 182 Å². The quantitative estimate of drug-likeness (QED) is 0.0619. The van der Waals surface area contributed by atoms with Crippen molar-refractivity contribution in [3.05, 3.63) is 215 Å². The van der Waals surface area contributed by atoms with Crippen molar-refractivity contribution in [1.29, 1.82) is 0 Å². The minimum absolute atomic E-state index is 0.149. The van der Waals surface area contributed by atoms with Gasteiger partial charge < -0.3 is 52.5 Å². The summed E-state index contributed by atoms with van der Waals surface area (Å²) in [4.78, 5) is 12.4. The molecule has 0 aliphatic carbocycles. The van der Waals surface area contributed by atoms with E-state index in [0.717, 1.165) is 33.4 Å². The van der Waals surface area contributed by atoms with Gasteiger partial charge in [0, 0.05) is 6.92 Å². The number of benzene rings is 6. The van der Waals surface area contributed by atoms with Crippen LogP contribution in [0.3, 0.4) is 0 Å². The van der Waals surface area contributed by atoms with Gasteiger partial charge in [-0.05, 0) is 33.4 Å². The zero-order valence-electron chi connectivity index (χ0n) is 38.2. The molecule has 0 aromatic heterocycles. The summed E-state index contributed by atoms with van der Waals surface area (Å²) in [7, 11) is 0. The van der Waals surface area contributed by atoms with Crippen molar-refractivity contribution < 1.29 is 57.3 Å². The van der Waals surface area contributed by atoms with Gasteiger partial charge in [-0.15, -0.1) is 0 Å². The highest BCUT2D eigenvalue weighted by Gasteiger charge is 2.52. The van der Waals surface area contributed by atoms with Gasteiger partial charge in [-0.3, -0.25) is 4.79 Å². The molecule has 6 aromatic rings. The predicted molar refractivity (Wildman–Crippen MR) is 252 cm³/mol. The fourth-order valence-electron chi connectivity index (χ4n) is 8.30. The van der Waals surface area contributed by atoms with Crippen LogP contribution in [0, 0.1) is 0 Å². The van der Waals surface area contributed by atoms with Gasteiger partial charge in [0.25, 0.3) is 0 Å². The maximum Gasteiger partial charge on any atom is 0.302 e. The van der Waals surface area contributed by atoms with Crippen LogP contribution < -0.4 is 0 Å². The van der Waals surface area contributed by atoms with Crippen molar-refractivity contribution in [2.24, 2.45) is 0 Å². The summed E-state index contributed by atoms with van der Waals surface area (Å²) in [5.41, 5.74) is 5.58. The number of ether oxygens (including phenoxy) is 10. The van der Waals surface area contributed by atoms with Crippen molar-refractivity contribution in [1.82, 2.24) is 0 Å². The number of carbonyl (C=O) groups excluding carboxylic acids is 1. The van der Waals surface area contributed by atoms with Crippen molar-refractivity contribution in [2.45, 2.75) is 108 Å². The normalized spacial score (nSPS) is 24.9. The molecule has 1 N–H and O–H groups in total.